The molecule has 4 rings (SSSR count). The van der Waals surface area contributed by atoms with Crippen LogP contribution in [0.4, 0.5) is 4.39 Å². The molecule has 0 aromatic heterocycles. The molecule has 0 spiro atoms. The predicted molar refractivity (Wildman–Crippen MR) is 161 cm³/mol. The molecule has 7 heteroatoms. The second kappa shape index (κ2) is 11.1. The number of nitrogens with zero attached hydrogens (tertiary/aromatic N) is 1. The van der Waals surface area contributed by atoms with Crippen LogP contribution >= 0.6 is 0 Å². The van der Waals surface area contributed by atoms with E-state index in [0.29, 0.717) is 23.1 Å². The van der Waals surface area contributed by atoms with Gasteiger partial charge >= 0.3 is 11.9 Å². The summed E-state index contributed by atoms with van der Waals surface area (Å²) in [7, 11) is 0. The molecule has 0 saturated carbocycles. The molecule has 2 aliphatic rings. The van der Waals surface area contributed by atoms with Crippen molar-refractivity contribution >= 4 is 11.9 Å². The average Bonchev–Trinajstić information content (AvgIpc) is 2.95. The maximum absolute atomic E-state index is 15.2. The smallest absolute Gasteiger partial charge is 0.338 e. The molecule has 1 N–H and O–H groups in total. The average molecular weight is 567 g/mol. The Morgan fingerprint density at radius 3 is 2.07 bits per heavy atom. The molecule has 2 aromatic rings. The molecule has 0 bridgehead atoms. The van der Waals surface area contributed by atoms with Gasteiger partial charge < -0.3 is 14.8 Å². The second-order valence-electron chi connectivity index (χ2n) is 14.2. The Morgan fingerprint density at radius 2 is 1.49 bits per heavy atom. The molecule has 2 aliphatic heterocycles. The molecule has 2 aromatic carbocycles. The van der Waals surface area contributed by atoms with Crippen LogP contribution in [-0.4, -0.2) is 57.7 Å². The molecule has 2 atom stereocenters. The molecule has 6 nitrogen and oxygen atoms in total. The monoisotopic (exact) mass is 566 g/mol. The van der Waals surface area contributed by atoms with Gasteiger partial charge in [-0.15, -0.1) is 0 Å². The number of likely N-dealkylation sites (tertiary alicyclic amines) is 1. The minimum absolute atomic E-state index is 0.0249. The number of hydrogen-bond acceptors (Lipinski definition) is 6. The Balaban J connectivity index is 1.42. The van der Waals surface area contributed by atoms with Crippen LogP contribution in [0.2, 0.25) is 0 Å². The summed E-state index contributed by atoms with van der Waals surface area (Å²) >= 11 is 0. The Kier molecular flexibility index (Phi) is 8.47. The summed E-state index contributed by atoms with van der Waals surface area (Å²) in [6.45, 7) is 20.0. The van der Waals surface area contributed by atoms with Crippen molar-refractivity contribution in [2.24, 2.45) is 0 Å². The van der Waals surface area contributed by atoms with Gasteiger partial charge in [-0.1, -0.05) is 25.1 Å². The number of halogens is 1. The first-order chi connectivity index (χ1) is 18.9. The van der Waals surface area contributed by atoms with Crippen molar-refractivity contribution in [2.75, 3.05) is 6.54 Å². The van der Waals surface area contributed by atoms with Crippen molar-refractivity contribution in [1.29, 1.82) is 0 Å². The number of nitrogens with one attached hydrogen (secondary N) is 1. The lowest BCUT2D eigenvalue weighted by Crippen LogP contribution is -2.51. The van der Waals surface area contributed by atoms with Gasteiger partial charge in [-0.3, -0.25) is 4.90 Å². The lowest BCUT2D eigenvalue weighted by atomic mass is 9.96. The van der Waals surface area contributed by atoms with E-state index in [9.17, 15) is 9.59 Å². The summed E-state index contributed by atoms with van der Waals surface area (Å²) in [5.41, 5.74) is 0.962. The van der Waals surface area contributed by atoms with E-state index in [4.69, 9.17) is 9.47 Å². The van der Waals surface area contributed by atoms with Gasteiger partial charge in [0.15, 0.2) is 0 Å². The summed E-state index contributed by atoms with van der Waals surface area (Å²) in [5, 5.41) is 3.65. The number of likely N-dealkylation sites (N-methyl/N-ethyl adjacent to an activating group) is 1. The minimum atomic E-state index is -0.527. The van der Waals surface area contributed by atoms with E-state index in [0.717, 1.165) is 25.8 Å². The maximum atomic E-state index is 15.2. The van der Waals surface area contributed by atoms with Gasteiger partial charge in [0.25, 0.3) is 0 Å². The Hall–Kier alpha value is -2.77. The summed E-state index contributed by atoms with van der Waals surface area (Å²) in [6, 6.07) is 11.1. The second-order valence-corrected chi connectivity index (χ2v) is 14.2. The van der Waals surface area contributed by atoms with Crippen molar-refractivity contribution in [3.8, 4) is 11.1 Å². The number of benzene rings is 2. The van der Waals surface area contributed by atoms with Crippen LogP contribution in [0.1, 0.15) is 109 Å². The molecule has 0 radical (unpaired) electrons. The normalized spacial score (nSPS) is 24.8. The van der Waals surface area contributed by atoms with Gasteiger partial charge in [-0.2, -0.15) is 0 Å². The standard InChI is InChI=1S/C34H47FN2O4/c1-10-37-33(6,7)21-28(34(37,8)9)41-30(39)24-15-16-26(27(35)19-24)22-11-13-23(14-12-22)29(38)40-25-17-18-31(2,3)36-32(4,5)20-25/h11-16,19,25,28,36H,10,17-18,20-21H2,1-9H3. The summed E-state index contributed by atoms with van der Waals surface area (Å²) in [4.78, 5) is 28.3. The fourth-order valence-corrected chi connectivity index (χ4v) is 7.19. The van der Waals surface area contributed by atoms with E-state index >= 15 is 4.39 Å². The fourth-order valence-electron chi connectivity index (χ4n) is 7.19. The minimum Gasteiger partial charge on any atom is -0.459 e. The molecule has 2 saturated heterocycles. The van der Waals surface area contributed by atoms with Crippen molar-refractivity contribution < 1.29 is 23.5 Å². The van der Waals surface area contributed by atoms with Crippen LogP contribution in [-0.2, 0) is 9.47 Å². The highest BCUT2D eigenvalue weighted by molar-refractivity contribution is 5.91. The van der Waals surface area contributed by atoms with Crippen molar-refractivity contribution in [1.82, 2.24) is 10.2 Å². The number of esters is 2. The van der Waals surface area contributed by atoms with E-state index in [-0.39, 0.29) is 45.9 Å². The molecule has 2 unspecified atom stereocenters. The van der Waals surface area contributed by atoms with E-state index in [1.165, 1.54) is 6.07 Å². The molecule has 0 aliphatic carbocycles. The number of ether oxygens (including phenoxy) is 2. The molecular weight excluding hydrogens is 519 g/mol. The third-order valence-electron chi connectivity index (χ3n) is 8.88. The highest BCUT2D eigenvalue weighted by atomic mass is 19.1. The van der Waals surface area contributed by atoms with Gasteiger partial charge in [0.05, 0.1) is 16.7 Å². The van der Waals surface area contributed by atoms with E-state index in [1.807, 2.05) is 0 Å². The van der Waals surface area contributed by atoms with Crippen molar-refractivity contribution in [2.45, 2.75) is 122 Å². The first kappa shape index (κ1) is 31.2. The van der Waals surface area contributed by atoms with Crippen LogP contribution in [0.3, 0.4) is 0 Å². The molecule has 2 fully saturated rings. The van der Waals surface area contributed by atoms with Crippen LogP contribution < -0.4 is 5.32 Å². The number of rotatable bonds is 6. The van der Waals surface area contributed by atoms with E-state index < -0.39 is 11.8 Å². The number of carbonyl (C=O) groups is 2. The van der Waals surface area contributed by atoms with Gasteiger partial charge in [0.2, 0.25) is 0 Å². The predicted octanol–water partition coefficient (Wildman–Crippen LogP) is 7.16. The Labute approximate surface area is 245 Å². The zero-order valence-corrected chi connectivity index (χ0v) is 26.2. The largest absolute Gasteiger partial charge is 0.459 e. The van der Waals surface area contributed by atoms with Gasteiger partial charge in [0, 0.05) is 35.0 Å². The van der Waals surface area contributed by atoms with Crippen LogP contribution in [0.15, 0.2) is 42.5 Å². The molecule has 224 valence electrons. The summed E-state index contributed by atoms with van der Waals surface area (Å²) in [5.74, 6) is -1.43. The Bertz CT molecular complexity index is 1280. The topological polar surface area (TPSA) is 67.9 Å². The zero-order valence-electron chi connectivity index (χ0n) is 26.2. The third-order valence-corrected chi connectivity index (χ3v) is 8.88. The zero-order chi connectivity index (χ0) is 30.4. The first-order valence-electron chi connectivity index (χ1n) is 14.8. The van der Waals surface area contributed by atoms with E-state index in [1.54, 1.807) is 36.4 Å². The maximum Gasteiger partial charge on any atom is 0.338 e. The van der Waals surface area contributed by atoms with Crippen molar-refractivity contribution in [3.05, 3.63) is 59.4 Å². The summed E-state index contributed by atoms with van der Waals surface area (Å²) < 4.78 is 27.0. The van der Waals surface area contributed by atoms with Gasteiger partial charge in [0.1, 0.15) is 18.0 Å². The quantitative estimate of drug-likeness (QED) is 0.374. The van der Waals surface area contributed by atoms with Gasteiger partial charge in [-0.25, -0.2) is 14.0 Å². The molecular formula is C34H47FN2O4. The fraction of sp³-hybridized carbons (Fsp3) is 0.588. The highest BCUT2D eigenvalue weighted by Crippen LogP contribution is 2.42. The van der Waals surface area contributed by atoms with Crippen LogP contribution in [0, 0.1) is 5.82 Å². The molecule has 41 heavy (non-hydrogen) atoms. The number of hydrogen-bond donors (Lipinski definition) is 1. The molecule has 0 amide bonds. The molecule has 2 heterocycles. The SMILES string of the molecule is CCN1C(C)(C)CC(OC(=O)c2ccc(-c3ccc(C(=O)OC4CCC(C)(C)NC(C)(C)C4)cc3)c(F)c2)C1(C)C. The third kappa shape index (κ3) is 6.83. The van der Waals surface area contributed by atoms with Crippen LogP contribution in [0.5, 0.6) is 0 Å². The first-order valence-corrected chi connectivity index (χ1v) is 14.8. The lowest BCUT2D eigenvalue weighted by Gasteiger charge is -2.40. The van der Waals surface area contributed by atoms with Crippen LogP contribution in [0.25, 0.3) is 11.1 Å². The lowest BCUT2D eigenvalue weighted by molar-refractivity contribution is -0.00388. The highest BCUT2D eigenvalue weighted by Gasteiger charge is 2.52. The van der Waals surface area contributed by atoms with Crippen molar-refractivity contribution in [3.63, 3.8) is 0 Å². The van der Waals surface area contributed by atoms with Gasteiger partial charge in [-0.05, 0) is 105 Å². The number of carbonyl (C=O) groups excluding carboxylic acids is 2. The Morgan fingerprint density at radius 1 is 0.878 bits per heavy atom. The van der Waals surface area contributed by atoms with E-state index in [2.05, 4.69) is 72.5 Å². The summed E-state index contributed by atoms with van der Waals surface area (Å²) in [6.07, 6.45) is 2.66.